The van der Waals surface area contributed by atoms with Gasteiger partial charge in [0.2, 0.25) is 12.4 Å². The normalized spacial score (nSPS) is 17.2. The lowest BCUT2D eigenvalue weighted by molar-refractivity contribution is -1.11. The standard InChI is InChI=1S/C24H26FN3O4/c25-21-6-4-19(5-7-21)20-14-18(15-27(29)16-20)17-28(30)10-8-26(9-11-28)22-2-1-3-23-24(22)32-13-12-31-23/h1-7,14-16,29-30H,8-13,17H2/q+2. The Hall–Kier alpha value is -3.36. The Morgan fingerprint density at radius 1 is 0.969 bits per heavy atom. The summed E-state index contributed by atoms with van der Waals surface area (Å²) in [5.74, 6) is 1.22. The van der Waals surface area contributed by atoms with E-state index >= 15 is 0 Å². The van der Waals surface area contributed by atoms with Crippen molar-refractivity contribution in [3.63, 3.8) is 0 Å². The maximum atomic E-state index is 13.3. The SMILES string of the molecule is O[n+]1cc(C[N+]2(O)CCN(c3cccc4c3OCCO4)CC2)cc(-c2ccc(F)cc2)c1. The van der Waals surface area contributed by atoms with E-state index in [1.54, 1.807) is 24.5 Å². The Morgan fingerprint density at radius 3 is 2.50 bits per heavy atom. The van der Waals surface area contributed by atoms with Crippen molar-refractivity contribution in [1.29, 1.82) is 0 Å². The molecule has 0 unspecified atom stereocenters. The van der Waals surface area contributed by atoms with Gasteiger partial charge in [-0.25, -0.2) is 9.60 Å². The van der Waals surface area contributed by atoms with Gasteiger partial charge in [-0.1, -0.05) is 18.2 Å². The lowest BCUT2D eigenvalue weighted by atomic mass is 10.1. The van der Waals surface area contributed by atoms with Gasteiger partial charge in [0, 0.05) is 4.73 Å². The fourth-order valence-electron chi connectivity index (χ4n) is 4.39. The highest BCUT2D eigenvalue weighted by atomic mass is 19.1. The lowest BCUT2D eigenvalue weighted by Crippen LogP contribution is -2.57. The first-order valence-electron chi connectivity index (χ1n) is 10.7. The predicted octanol–water partition coefficient (Wildman–Crippen LogP) is 3.01. The number of piperazine rings is 1. The van der Waals surface area contributed by atoms with Crippen LogP contribution in [0.2, 0.25) is 0 Å². The van der Waals surface area contributed by atoms with Gasteiger partial charge in [0.15, 0.2) is 11.5 Å². The highest BCUT2D eigenvalue weighted by Crippen LogP contribution is 2.40. The van der Waals surface area contributed by atoms with Gasteiger partial charge in [-0.2, -0.15) is 4.65 Å². The number of rotatable bonds is 4. The third-order valence-electron chi connectivity index (χ3n) is 6.02. The van der Waals surface area contributed by atoms with E-state index in [2.05, 4.69) is 4.90 Å². The van der Waals surface area contributed by atoms with Crippen LogP contribution < -0.4 is 19.1 Å². The number of para-hydroxylation sites is 1. The van der Waals surface area contributed by atoms with Gasteiger partial charge >= 0.3 is 0 Å². The van der Waals surface area contributed by atoms with E-state index in [9.17, 15) is 14.8 Å². The molecule has 8 heteroatoms. The van der Waals surface area contributed by atoms with Crippen molar-refractivity contribution >= 4 is 5.69 Å². The van der Waals surface area contributed by atoms with Crippen molar-refractivity contribution in [1.82, 2.24) is 0 Å². The molecule has 1 aromatic heterocycles. The minimum atomic E-state index is -0.309. The predicted molar refractivity (Wildman–Crippen MR) is 114 cm³/mol. The molecular formula is C24H26FN3O4+2. The topological polar surface area (TPSA) is 66.0 Å². The Bertz CT molecular complexity index is 1110. The quantitative estimate of drug-likeness (QED) is 0.372. The number of hydrogen-bond acceptors (Lipinski definition) is 5. The summed E-state index contributed by atoms with van der Waals surface area (Å²) in [5.41, 5.74) is 3.32. The second-order valence-corrected chi connectivity index (χ2v) is 8.31. The van der Waals surface area contributed by atoms with Gasteiger partial charge in [-0.3, -0.25) is 5.21 Å². The molecule has 7 nitrogen and oxygen atoms in total. The molecule has 0 saturated carbocycles. The number of anilines is 1. The monoisotopic (exact) mass is 439 g/mol. The van der Waals surface area contributed by atoms with Crippen molar-refractivity contribution in [3.05, 3.63) is 72.3 Å². The van der Waals surface area contributed by atoms with Crippen molar-refractivity contribution in [2.24, 2.45) is 0 Å². The summed E-state index contributed by atoms with van der Waals surface area (Å²) in [6.07, 6.45) is 3.16. The summed E-state index contributed by atoms with van der Waals surface area (Å²) in [5, 5.41) is 21.4. The summed E-state index contributed by atoms with van der Waals surface area (Å²) in [6, 6.07) is 13.9. The van der Waals surface area contributed by atoms with E-state index in [1.807, 2.05) is 24.3 Å². The fourth-order valence-corrected chi connectivity index (χ4v) is 4.39. The maximum absolute atomic E-state index is 13.3. The first kappa shape index (κ1) is 20.5. The molecule has 2 N–H and O–H groups in total. The molecule has 0 bridgehead atoms. The molecule has 2 aliphatic heterocycles. The van der Waals surface area contributed by atoms with E-state index in [1.165, 1.54) is 12.1 Å². The number of fused-ring (bicyclic) bond motifs is 1. The highest BCUT2D eigenvalue weighted by Gasteiger charge is 2.35. The summed E-state index contributed by atoms with van der Waals surface area (Å²) >= 11 is 0. The minimum Gasteiger partial charge on any atom is -0.486 e. The van der Waals surface area contributed by atoms with Gasteiger partial charge in [-0.05, 0) is 35.9 Å². The zero-order valence-corrected chi connectivity index (χ0v) is 17.7. The molecule has 0 atom stereocenters. The van der Waals surface area contributed by atoms with Crippen LogP contribution in [0.1, 0.15) is 5.56 Å². The molecule has 2 aliphatic rings. The molecular weight excluding hydrogens is 413 g/mol. The van der Waals surface area contributed by atoms with Crippen LogP contribution in [-0.2, 0) is 6.54 Å². The molecule has 2 aromatic carbocycles. The molecule has 0 aliphatic carbocycles. The number of pyridine rings is 1. The number of nitrogens with zero attached hydrogens (tertiary/aromatic N) is 3. The summed E-state index contributed by atoms with van der Waals surface area (Å²) < 4.78 is 25.7. The summed E-state index contributed by atoms with van der Waals surface area (Å²) in [7, 11) is 0. The number of ether oxygens (including phenoxy) is 2. The Balaban J connectivity index is 1.31. The zero-order chi connectivity index (χ0) is 22.1. The molecule has 1 fully saturated rings. The van der Waals surface area contributed by atoms with Crippen LogP contribution in [0.15, 0.2) is 60.9 Å². The van der Waals surface area contributed by atoms with Crippen LogP contribution in [0.25, 0.3) is 11.1 Å². The van der Waals surface area contributed by atoms with Gasteiger partial charge in [0.05, 0.1) is 29.9 Å². The van der Waals surface area contributed by atoms with E-state index < -0.39 is 0 Å². The van der Waals surface area contributed by atoms with Gasteiger partial charge in [0.1, 0.15) is 38.7 Å². The van der Waals surface area contributed by atoms with E-state index in [0.717, 1.165) is 38.6 Å². The van der Waals surface area contributed by atoms with Crippen LogP contribution >= 0.6 is 0 Å². The van der Waals surface area contributed by atoms with Crippen molar-refractivity contribution in [2.75, 3.05) is 44.3 Å². The van der Waals surface area contributed by atoms with Gasteiger partial charge < -0.3 is 14.4 Å². The van der Waals surface area contributed by atoms with Crippen molar-refractivity contribution in [3.8, 4) is 22.6 Å². The summed E-state index contributed by atoms with van der Waals surface area (Å²) in [4.78, 5) is 2.21. The molecule has 0 amide bonds. The average Bonchev–Trinajstić information content (AvgIpc) is 2.79. The van der Waals surface area contributed by atoms with Crippen molar-refractivity contribution < 1.29 is 33.7 Å². The van der Waals surface area contributed by atoms with Crippen molar-refractivity contribution in [2.45, 2.75) is 6.54 Å². The summed E-state index contributed by atoms with van der Waals surface area (Å²) in [6.45, 7) is 3.81. The highest BCUT2D eigenvalue weighted by molar-refractivity contribution is 5.65. The van der Waals surface area contributed by atoms with Crippen LogP contribution in [0.4, 0.5) is 10.1 Å². The number of aromatic nitrogens is 1. The number of hydrogen-bond donors (Lipinski definition) is 2. The molecule has 166 valence electrons. The molecule has 0 radical (unpaired) electrons. The largest absolute Gasteiger partial charge is 0.486 e. The van der Waals surface area contributed by atoms with Crippen LogP contribution in [0.3, 0.4) is 0 Å². The van der Waals surface area contributed by atoms with Crippen LogP contribution in [-0.4, -0.2) is 54.5 Å². The molecule has 3 heterocycles. The number of benzene rings is 2. The minimum absolute atomic E-state index is 0.129. The Labute approximate surface area is 185 Å². The van der Waals surface area contributed by atoms with E-state index in [4.69, 9.17) is 9.47 Å². The van der Waals surface area contributed by atoms with E-state index in [-0.39, 0.29) is 10.5 Å². The second-order valence-electron chi connectivity index (χ2n) is 8.31. The first-order chi connectivity index (χ1) is 15.5. The molecule has 3 aromatic rings. The maximum Gasteiger partial charge on any atom is 0.231 e. The molecule has 5 rings (SSSR count). The van der Waals surface area contributed by atoms with Gasteiger partial charge in [0.25, 0.3) is 0 Å². The molecule has 1 saturated heterocycles. The van der Waals surface area contributed by atoms with E-state index in [0.29, 0.717) is 45.9 Å². The van der Waals surface area contributed by atoms with Crippen LogP contribution in [0.5, 0.6) is 11.5 Å². The zero-order valence-electron chi connectivity index (χ0n) is 17.7. The third-order valence-corrected chi connectivity index (χ3v) is 6.02. The Morgan fingerprint density at radius 2 is 1.72 bits per heavy atom. The fraction of sp³-hybridized carbons (Fsp3) is 0.292. The second kappa shape index (κ2) is 8.29. The number of quaternary nitrogens is 1. The van der Waals surface area contributed by atoms with Gasteiger partial charge in [-0.15, -0.1) is 0 Å². The number of halogens is 1. The average molecular weight is 439 g/mol. The Kier molecular flexibility index (Phi) is 5.32. The third kappa shape index (κ3) is 4.19. The smallest absolute Gasteiger partial charge is 0.231 e. The number of hydroxylamine groups is 3. The molecule has 0 spiro atoms. The van der Waals surface area contributed by atoms with Crippen LogP contribution in [0, 0.1) is 5.82 Å². The lowest BCUT2D eigenvalue weighted by Gasteiger charge is -2.40. The molecule has 32 heavy (non-hydrogen) atoms. The first-order valence-corrected chi connectivity index (χ1v) is 10.7.